The van der Waals surface area contributed by atoms with Crippen LogP contribution in [0.25, 0.3) is 0 Å². The second-order valence-electron chi connectivity index (χ2n) is 5.84. The molecule has 1 aromatic carbocycles. The zero-order valence-electron chi connectivity index (χ0n) is 13.7. The van der Waals surface area contributed by atoms with Crippen molar-refractivity contribution in [3.63, 3.8) is 0 Å². The van der Waals surface area contributed by atoms with Crippen LogP contribution < -0.4 is 5.32 Å². The molecule has 0 aliphatic carbocycles. The number of aromatic amines is 1. The van der Waals surface area contributed by atoms with E-state index in [2.05, 4.69) is 36.5 Å². The summed E-state index contributed by atoms with van der Waals surface area (Å²) in [5, 5.41) is 19.2. The first-order valence-electron chi connectivity index (χ1n) is 8.10. The van der Waals surface area contributed by atoms with E-state index in [1.165, 1.54) is 0 Å². The standard InChI is InChI=1S/C17H21N7/c1-19-17(20-11-14-4-2-13(10-18)3-5-14)24-8-6-15(7-9-24)16-21-12-22-23-16/h2-5,12,15H,6-9,11H2,1H3,(H,19,20)(H,21,22,23). The summed E-state index contributed by atoms with van der Waals surface area (Å²) in [6, 6.07) is 9.74. The third-order valence-corrected chi connectivity index (χ3v) is 4.36. The Hall–Kier alpha value is -2.88. The van der Waals surface area contributed by atoms with Crippen LogP contribution in [0.15, 0.2) is 35.6 Å². The Morgan fingerprint density at radius 3 is 2.71 bits per heavy atom. The summed E-state index contributed by atoms with van der Waals surface area (Å²) >= 11 is 0. The molecule has 0 radical (unpaired) electrons. The minimum atomic E-state index is 0.445. The molecule has 24 heavy (non-hydrogen) atoms. The van der Waals surface area contributed by atoms with Crippen LogP contribution in [0, 0.1) is 11.3 Å². The Bertz CT molecular complexity index is 704. The van der Waals surface area contributed by atoms with Gasteiger partial charge in [-0.3, -0.25) is 10.1 Å². The molecule has 1 aliphatic heterocycles. The minimum absolute atomic E-state index is 0.445. The predicted molar refractivity (Wildman–Crippen MR) is 91.3 cm³/mol. The fourth-order valence-corrected chi connectivity index (χ4v) is 2.99. The number of H-pyrrole nitrogens is 1. The van der Waals surface area contributed by atoms with E-state index in [1.54, 1.807) is 6.33 Å². The predicted octanol–water partition coefficient (Wildman–Crippen LogP) is 1.63. The van der Waals surface area contributed by atoms with E-state index in [-0.39, 0.29) is 0 Å². The van der Waals surface area contributed by atoms with Gasteiger partial charge in [0.15, 0.2) is 5.96 Å². The molecule has 2 N–H and O–H groups in total. The van der Waals surface area contributed by atoms with Crippen LogP contribution in [0.1, 0.15) is 35.7 Å². The molecule has 3 rings (SSSR count). The number of piperidine rings is 1. The van der Waals surface area contributed by atoms with Gasteiger partial charge in [-0.1, -0.05) is 12.1 Å². The van der Waals surface area contributed by atoms with Gasteiger partial charge in [0.25, 0.3) is 0 Å². The summed E-state index contributed by atoms with van der Waals surface area (Å²) in [6.07, 6.45) is 3.64. The largest absolute Gasteiger partial charge is 0.352 e. The fraction of sp³-hybridized carbons (Fsp3) is 0.412. The summed E-state index contributed by atoms with van der Waals surface area (Å²) < 4.78 is 0. The lowest BCUT2D eigenvalue weighted by Crippen LogP contribution is -2.45. The van der Waals surface area contributed by atoms with Crippen LogP contribution in [0.5, 0.6) is 0 Å². The molecule has 1 aliphatic rings. The van der Waals surface area contributed by atoms with Gasteiger partial charge < -0.3 is 10.2 Å². The first kappa shape index (κ1) is 16.0. The van der Waals surface area contributed by atoms with Gasteiger partial charge in [0.2, 0.25) is 0 Å². The Labute approximate surface area is 141 Å². The number of likely N-dealkylation sites (tertiary alicyclic amines) is 1. The normalized spacial score (nSPS) is 16.0. The first-order chi connectivity index (χ1) is 11.8. The summed E-state index contributed by atoms with van der Waals surface area (Å²) in [4.78, 5) is 10.9. The molecular weight excluding hydrogens is 302 g/mol. The number of nitriles is 1. The highest BCUT2D eigenvalue weighted by atomic mass is 15.3. The van der Waals surface area contributed by atoms with Crippen LogP contribution in [0.4, 0.5) is 0 Å². The van der Waals surface area contributed by atoms with Crippen LogP contribution >= 0.6 is 0 Å². The molecule has 2 aromatic rings. The molecule has 0 saturated carbocycles. The third kappa shape index (κ3) is 3.71. The van der Waals surface area contributed by atoms with Gasteiger partial charge in [0, 0.05) is 32.6 Å². The first-order valence-corrected chi connectivity index (χ1v) is 8.10. The van der Waals surface area contributed by atoms with E-state index >= 15 is 0 Å². The maximum Gasteiger partial charge on any atom is 0.193 e. The lowest BCUT2D eigenvalue weighted by atomic mass is 9.96. The van der Waals surface area contributed by atoms with Gasteiger partial charge in [-0.2, -0.15) is 10.4 Å². The lowest BCUT2D eigenvalue weighted by Gasteiger charge is -2.33. The van der Waals surface area contributed by atoms with Crippen molar-refractivity contribution in [2.45, 2.75) is 25.3 Å². The number of guanidine groups is 1. The molecule has 0 unspecified atom stereocenters. The van der Waals surface area contributed by atoms with Gasteiger partial charge in [-0.25, -0.2) is 4.98 Å². The molecule has 0 atom stereocenters. The molecule has 0 spiro atoms. The Morgan fingerprint density at radius 1 is 1.38 bits per heavy atom. The molecule has 1 aromatic heterocycles. The number of rotatable bonds is 3. The van der Waals surface area contributed by atoms with Crippen LogP contribution in [-0.2, 0) is 6.54 Å². The molecular formula is C17H21N7. The van der Waals surface area contributed by atoms with Gasteiger partial charge in [-0.15, -0.1) is 0 Å². The molecule has 7 nitrogen and oxygen atoms in total. The molecule has 0 amide bonds. The molecule has 124 valence electrons. The average molecular weight is 323 g/mol. The summed E-state index contributed by atoms with van der Waals surface area (Å²) in [5.74, 6) is 2.34. The van der Waals surface area contributed by atoms with Crippen molar-refractivity contribution < 1.29 is 0 Å². The number of benzene rings is 1. The highest BCUT2D eigenvalue weighted by Gasteiger charge is 2.24. The van der Waals surface area contributed by atoms with Gasteiger partial charge in [-0.05, 0) is 30.5 Å². The van der Waals surface area contributed by atoms with Gasteiger partial charge in [0.1, 0.15) is 12.2 Å². The minimum Gasteiger partial charge on any atom is -0.352 e. The van der Waals surface area contributed by atoms with E-state index in [9.17, 15) is 0 Å². The topological polar surface area (TPSA) is 93.0 Å². The Morgan fingerprint density at radius 2 is 2.12 bits per heavy atom. The second kappa shape index (κ2) is 7.59. The quantitative estimate of drug-likeness (QED) is 0.661. The van der Waals surface area contributed by atoms with Crippen molar-refractivity contribution >= 4 is 5.96 Å². The summed E-state index contributed by atoms with van der Waals surface area (Å²) in [7, 11) is 1.81. The van der Waals surface area contributed by atoms with Crippen molar-refractivity contribution in [3.8, 4) is 6.07 Å². The maximum atomic E-state index is 8.84. The van der Waals surface area contributed by atoms with Gasteiger partial charge >= 0.3 is 0 Å². The number of aliphatic imine (C=N–C) groups is 1. The number of nitrogens with zero attached hydrogens (tertiary/aromatic N) is 5. The third-order valence-electron chi connectivity index (χ3n) is 4.36. The van der Waals surface area contributed by atoms with Crippen LogP contribution in [0.3, 0.4) is 0 Å². The highest BCUT2D eigenvalue weighted by Crippen LogP contribution is 2.24. The highest BCUT2D eigenvalue weighted by molar-refractivity contribution is 5.80. The average Bonchev–Trinajstić information content (AvgIpc) is 3.18. The second-order valence-corrected chi connectivity index (χ2v) is 5.84. The van der Waals surface area contributed by atoms with Crippen LogP contribution in [-0.4, -0.2) is 46.2 Å². The van der Waals surface area contributed by atoms with Crippen molar-refractivity contribution in [1.82, 2.24) is 25.4 Å². The molecule has 1 saturated heterocycles. The van der Waals surface area contributed by atoms with E-state index in [4.69, 9.17) is 5.26 Å². The van der Waals surface area contributed by atoms with E-state index in [1.807, 2.05) is 31.3 Å². The zero-order valence-corrected chi connectivity index (χ0v) is 13.7. The van der Waals surface area contributed by atoms with Crippen molar-refractivity contribution in [2.24, 2.45) is 4.99 Å². The number of hydrogen-bond acceptors (Lipinski definition) is 4. The molecule has 1 fully saturated rings. The number of nitrogens with one attached hydrogen (secondary N) is 2. The van der Waals surface area contributed by atoms with Crippen molar-refractivity contribution in [2.75, 3.05) is 20.1 Å². The monoisotopic (exact) mass is 323 g/mol. The fourth-order valence-electron chi connectivity index (χ4n) is 2.99. The van der Waals surface area contributed by atoms with E-state index in [0.29, 0.717) is 18.0 Å². The van der Waals surface area contributed by atoms with Crippen LogP contribution in [0.2, 0.25) is 0 Å². The summed E-state index contributed by atoms with van der Waals surface area (Å²) in [5.41, 5.74) is 1.81. The zero-order chi connectivity index (χ0) is 16.8. The van der Waals surface area contributed by atoms with Gasteiger partial charge in [0.05, 0.1) is 11.6 Å². The summed E-state index contributed by atoms with van der Waals surface area (Å²) in [6.45, 7) is 2.58. The molecule has 2 heterocycles. The Kier molecular flexibility index (Phi) is 5.06. The lowest BCUT2D eigenvalue weighted by molar-refractivity contribution is 0.299. The number of hydrogen-bond donors (Lipinski definition) is 2. The SMILES string of the molecule is CN=C(NCc1ccc(C#N)cc1)N1CCC(c2ncn[nH]2)CC1. The number of aromatic nitrogens is 3. The maximum absolute atomic E-state index is 8.84. The Balaban J connectivity index is 1.52. The van der Waals surface area contributed by atoms with E-state index in [0.717, 1.165) is 43.3 Å². The van der Waals surface area contributed by atoms with Crippen molar-refractivity contribution in [3.05, 3.63) is 47.5 Å². The molecule has 0 bridgehead atoms. The molecule has 7 heteroatoms. The smallest absolute Gasteiger partial charge is 0.193 e. The van der Waals surface area contributed by atoms with E-state index < -0.39 is 0 Å². The van der Waals surface area contributed by atoms with Crippen molar-refractivity contribution in [1.29, 1.82) is 5.26 Å².